The molecule has 0 saturated heterocycles. The van der Waals surface area contributed by atoms with Gasteiger partial charge in [0.2, 0.25) is 0 Å². The summed E-state index contributed by atoms with van der Waals surface area (Å²) in [6.45, 7) is 0.219. The third-order valence-corrected chi connectivity index (χ3v) is 4.77. The average molecular weight is 450 g/mol. The second kappa shape index (κ2) is 9.32. The van der Waals surface area contributed by atoms with Crippen LogP contribution in [0, 0.1) is 10.1 Å². The van der Waals surface area contributed by atoms with Crippen LogP contribution in [0.1, 0.15) is 21.7 Å². The molecule has 0 aliphatic rings. The number of nitro groups is 1. The number of furan rings is 1. The largest absolute Gasteiger partial charge is 0.488 e. The maximum absolute atomic E-state index is 12.3. The minimum Gasteiger partial charge on any atom is -0.488 e. The van der Waals surface area contributed by atoms with E-state index in [0.29, 0.717) is 21.9 Å². The number of carbonyl (C=O) groups is 1. The Hall–Kier alpha value is -4.17. The lowest BCUT2D eigenvalue weighted by atomic mass is 10.2. The van der Waals surface area contributed by atoms with Gasteiger partial charge in [0.05, 0.1) is 11.1 Å². The molecule has 1 N–H and O–H groups in total. The molecule has 4 rings (SSSR count). The fourth-order valence-corrected chi connectivity index (χ4v) is 3.12. The van der Waals surface area contributed by atoms with E-state index < -0.39 is 10.8 Å². The fourth-order valence-electron chi connectivity index (χ4n) is 2.94. The van der Waals surface area contributed by atoms with Gasteiger partial charge >= 0.3 is 5.91 Å². The molecule has 0 aliphatic carbocycles. The van der Waals surface area contributed by atoms with Gasteiger partial charge in [0.1, 0.15) is 17.9 Å². The lowest BCUT2D eigenvalue weighted by molar-refractivity contribution is -0.384. The summed E-state index contributed by atoms with van der Waals surface area (Å²) >= 11 is 5.95. The zero-order chi connectivity index (χ0) is 22.5. The molecule has 1 heterocycles. The zero-order valence-electron chi connectivity index (χ0n) is 16.5. The van der Waals surface area contributed by atoms with Crippen LogP contribution in [0.15, 0.2) is 82.3 Å². The Kier molecular flexibility index (Phi) is 6.14. The molecule has 9 heteroatoms. The maximum atomic E-state index is 12.3. The number of amides is 1. The van der Waals surface area contributed by atoms with E-state index in [0.717, 1.165) is 10.9 Å². The first-order valence-electron chi connectivity index (χ1n) is 9.47. The molecule has 0 fully saturated rings. The number of para-hydroxylation sites is 1. The number of halogens is 1. The summed E-state index contributed by atoms with van der Waals surface area (Å²) in [5.41, 5.74) is 4.42. The molecular weight excluding hydrogens is 434 g/mol. The molecular formula is C23H16ClN3O5. The average Bonchev–Trinajstić information content (AvgIpc) is 3.22. The van der Waals surface area contributed by atoms with Gasteiger partial charge < -0.3 is 9.15 Å². The second-order valence-electron chi connectivity index (χ2n) is 6.74. The number of rotatable bonds is 7. The number of non-ortho nitro benzene ring substituents is 1. The van der Waals surface area contributed by atoms with Crippen molar-refractivity contribution in [3.05, 3.63) is 105 Å². The van der Waals surface area contributed by atoms with Crippen LogP contribution >= 0.6 is 11.6 Å². The standard InChI is InChI=1S/C23H16ClN3O5/c24-18-7-10-21-17(11-18)12-22(32-21)23(28)26-25-13-16-3-1-2-4-20(16)31-14-15-5-8-19(9-6-15)27(29)30/h1-13H,14H2,(H,26,28)/b25-13+. The topological polar surface area (TPSA) is 107 Å². The van der Waals surface area contributed by atoms with Crippen molar-refractivity contribution in [2.75, 3.05) is 0 Å². The smallest absolute Gasteiger partial charge is 0.307 e. The number of carbonyl (C=O) groups excluding carboxylic acids is 1. The summed E-state index contributed by atoms with van der Waals surface area (Å²) in [6, 6.07) is 19.9. The molecule has 0 atom stereocenters. The van der Waals surface area contributed by atoms with Crippen molar-refractivity contribution in [1.82, 2.24) is 5.43 Å². The van der Waals surface area contributed by atoms with Gasteiger partial charge in [-0.3, -0.25) is 14.9 Å². The van der Waals surface area contributed by atoms with Crippen molar-refractivity contribution in [1.29, 1.82) is 0 Å². The molecule has 32 heavy (non-hydrogen) atoms. The minimum atomic E-state index is -0.502. The molecule has 160 valence electrons. The molecule has 0 unspecified atom stereocenters. The van der Waals surface area contributed by atoms with Crippen LogP contribution in [0.2, 0.25) is 5.02 Å². The summed E-state index contributed by atoms with van der Waals surface area (Å²) < 4.78 is 11.3. The van der Waals surface area contributed by atoms with E-state index in [1.165, 1.54) is 18.3 Å². The first kappa shape index (κ1) is 21.1. The van der Waals surface area contributed by atoms with E-state index >= 15 is 0 Å². The van der Waals surface area contributed by atoms with Crippen LogP contribution in [0.25, 0.3) is 11.0 Å². The quantitative estimate of drug-likeness (QED) is 0.233. The summed E-state index contributed by atoms with van der Waals surface area (Å²) in [7, 11) is 0. The SMILES string of the molecule is O=C(N/N=C/c1ccccc1OCc1ccc([N+](=O)[O-])cc1)c1cc2cc(Cl)ccc2o1. The highest BCUT2D eigenvalue weighted by Crippen LogP contribution is 2.23. The molecule has 4 aromatic rings. The van der Waals surface area contributed by atoms with Gasteiger partial charge in [-0.2, -0.15) is 5.10 Å². The van der Waals surface area contributed by atoms with Crippen molar-refractivity contribution >= 4 is 40.4 Å². The van der Waals surface area contributed by atoms with Crippen LogP contribution in [0.5, 0.6) is 5.75 Å². The summed E-state index contributed by atoms with van der Waals surface area (Å²) in [5, 5.41) is 16.0. The molecule has 0 spiro atoms. The van der Waals surface area contributed by atoms with E-state index in [2.05, 4.69) is 10.5 Å². The number of nitro benzene ring substituents is 1. The first-order valence-corrected chi connectivity index (χ1v) is 9.85. The summed E-state index contributed by atoms with van der Waals surface area (Å²) in [4.78, 5) is 22.6. The Morgan fingerprint density at radius 2 is 1.91 bits per heavy atom. The molecule has 1 amide bonds. The Balaban J connectivity index is 1.40. The van der Waals surface area contributed by atoms with Gasteiger partial charge in [-0.25, -0.2) is 5.43 Å². The lowest BCUT2D eigenvalue weighted by Gasteiger charge is -2.09. The van der Waals surface area contributed by atoms with Gasteiger partial charge in [-0.1, -0.05) is 23.7 Å². The maximum Gasteiger partial charge on any atom is 0.307 e. The van der Waals surface area contributed by atoms with E-state index in [1.54, 1.807) is 54.6 Å². The first-order chi connectivity index (χ1) is 15.5. The Morgan fingerprint density at radius 3 is 2.69 bits per heavy atom. The number of nitrogens with one attached hydrogen (secondary N) is 1. The second-order valence-corrected chi connectivity index (χ2v) is 7.18. The van der Waals surface area contributed by atoms with Gasteiger partial charge in [0.15, 0.2) is 5.76 Å². The van der Waals surface area contributed by atoms with E-state index in [-0.39, 0.29) is 18.1 Å². The summed E-state index contributed by atoms with van der Waals surface area (Å²) in [5.74, 6) is 0.155. The van der Waals surface area contributed by atoms with Gasteiger partial charge in [0.25, 0.3) is 5.69 Å². The molecule has 8 nitrogen and oxygen atoms in total. The predicted octanol–water partition coefficient (Wildman–Crippen LogP) is 5.34. The molecule has 0 aliphatic heterocycles. The van der Waals surface area contributed by atoms with Gasteiger partial charge in [-0.05, 0) is 54.1 Å². The number of hydrogen-bond donors (Lipinski definition) is 1. The van der Waals surface area contributed by atoms with Gasteiger partial charge in [-0.15, -0.1) is 0 Å². The molecule has 3 aromatic carbocycles. The lowest BCUT2D eigenvalue weighted by Crippen LogP contribution is -2.16. The van der Waals surface area contributed by atoms with Crippen molar-refractivity contribution in [2.45, 2.75) is 6.61 Å². The van der Waals surface area contributed by atoms with E-state index in [1.807, 2.05) is 6.07 Å². The number of hydrogen-bond acceptors (Lipinski definition) is 6. The van der Waals surface area contributed by atoms with Crippen LogP contribution in [-0.4, -0.2) is 17.0 Å². The Morgan fingerprint density at radius 1 is 1.12 bits per heavy atom. The molecule has 0 saturated carbocycles. The van der Waals surface area contributed by atoms with Crippen LogP contribution in [0.4, 0.5) is 5.69 Å². The highest BCUT2D eigenvalue weighted by atomic mass is 35.5. The Labute approximate surface area is 187 Å². The van der Waals surface area contributed by atoms with Crippen molar-refractivity contribution in [2.24, 2.45) is 5.10 Å². The molecule has 0 radical (unpaired) electrons. The number of nitrogens with zero attached hydrogens (tertiary/aromatic N) is 2. The predicted molar refractivity (Wildman–Crippen MR) is 120 cm³/mol. The highest BCUT2D eigenvalue weighted by molar-refractivity contribution is 6.31. The van der Waals surface area contributed by atoms with Crippen LogP contribution < -0.4 is 10.2 Å². The van der Waals surface area contributed by atoms with Gasteiger partial charge in [0, 0.05) is 28.1 Å². The summed E-state index contributed by atoms with van der Waals surface area (Å²) in [6.07, 6.45) is 1.46. The minimum absolute atomic E-state index is 0.0181. The van der Waals surface area contributed by atoms with Crippen molar-refractivity contribution < 1.29 is 18.9 Å². The Bertz CT molecular complexity index is 1310. The number of benzene rings is 3. The molecule has 0 bridgehead atoms. The molecule has 1 aromatic heterocycles. The van der Waals surface area contributed by atoms with Crippen LogP contribution in [-0.2, 0) is 6.61 Å². The normalized spacial score (nSPS) is 11.0. The van der Waals surface area contributed by atoms with E-state index in [4.69, 9.17) is 20.8 Å². The number of hydrazone groups is 1. The van der Waals surface area contributed by atoms with E-state index in [9.17, 15) is 14.9 Å². The highest BCUT2D eigenvalue weighted by Gasteiger charge is 2.12. The monoisotopic (exact) mass is 449 g/mol. The van der Waals surface area contributed by atoms with Crippen LogP contribution in [0.3, 0.4) is 0 Å². The fraction of sp³-hybridized carbons (Fsp3) is 0.0435. The number of ether oxygens (including phenoxy) is 1. The van der Waals surface area contributed by atoms with Crippen molar-refractivity contribution in [3.63, 3.8) is 0 Å². The third-order valence-electron chi connectivity index (χ3n) is 4.53. The number of fused-ring (bicyclic) bond motifs is 1. The zero-order valence-corrected chi connectivity index (χ0v) is 17.3. The van der Waals surface area contributed by atoms with Crippen molar-refractivity contribution in [3.8, 4) is 5.75 Å². The third kappa shape index (κ3) is 4.93.